The molecule has 4 heteroatoms. The van der Waals surface area contributed by atoms with E-state index in [-0.39, 0.29) is 0 Å². The molecule has 1 fully saturated rings. The van der Waals surface area contributed by atoms with Gasteiger partial charge in [0.15, 0.2) is 0 Å². The Morgan fingerprint density at radius 1 is 1.42 bits per heavy atom. The molecule has 0 saturated carbocycles. The van der Waals surface area contributed by atoms with E-state index in [0.29, 0.717) is 12.1 Å². The predicted octanol–water partition coefficient (Wildman–Crippen LogP) is 2.26. The van der Waals surface area contributed by atoms with Crippen LogP contribution in [0.25, 0.3) is 0 Å². The molecule has 2 heterocycles. The van der Waals surface area contributed by atoms with Crippen molar-refractivity contribution < 1.29 is 0 Å². The molecule has 0 amide bonds. The van der Waals surface area contributed by atoms with E-state index in [4.69, 9.17) is 0 Å². The minimum atomic E-state index is 0.469. The number of nitrogens with zero attached hydrogens (tertiary/aromatic N) is 3. The Morgan fingerprint density at radius 3 is 2.74 bits per heavy atom. The fourth-order valence-corrected chi connectivity index (χ4v) is 3.40. The summed E-state index contributed by atoms with van der Waals surface area (Å²) in [6, 6.07) is 1.11. The summed E-state index contributed by atoms with van der Waals surface area (Å²) in [4.78, 5) is 2.60. The summed E-state index contributed by atoms with van der Waals surface area (Å²) in [5, 5.41) is 8.08. The molecular formula is C15H28N4. The Bertz CT molecular complexity index is 424. The first-order valence-electron chi connectivity index (χ1n) is 7.53. The number of rotatable bonds is 4. The van der Waals surface area contributed by atoms with E-state index in [1.54, 1.807) is 0 Å². The van der Waals surface area contributed by atoms with Crippen LogP contribution in [0.15, 0.2) is 0 Å². The van der Waals surface area contributed by atoms with Gasteiger partial charge in [-0.1, -0.05) is 0 Å². The fraction of sp³-hybridized carbons (Fsp3) is 0.800. The third kappa shape index (κ3) is 2.84. The number of nitrogens with one attached hydrogen (secondary N) is 1. The first-order valence-corrected chi connectivity index (χ1v) is 7.53. The van der Waals surface area contributed by atoms with Crippen LogP contribution in [-0.4, -0.2) is 40.9 Å². The van der Waals surface area contributed by atoms with Crippen molar-refractivity contribution in [2.45, 2.75) is 59.2 Å². The van der Waals surface area contributed by atoms with Crippen molar-refractivity contribution in [3.63, 3.8) is 0 Å². The van der Waals surface area contributed by atoms with Crippen LogP contribution in [0.1, 0.15) is 49.7 Å². The first-order chi connectivity index (χ1) is 9.08. The van der Waals surface area contributed by atoms with Gasteiger partial charge in [0, 0.05) is 36.4 Å². The monoisotopic (exact) mass is 264 g/mol. The van der Waals surface area contributed by atoms with Gasteiger partial charge in [0.1, 0.15) is 0 Å². The molecule has 4 nitrogen and oxygen atoms in total. The number of likely N-dealkylation sites (tertiary alicyclic amines) is 1. The molecule has 1 aliphatic rings. The standard InChI is InChI=1S/C15H28N4/c1-6-19-13(4)15(11(2)17-19)12(3)18-9-7-8-14(10-18)16-5/h12,14,16H,6-10H2,1-5H3. The lowest BCUT2D eigenvalue weighted by molar-refractivity contribution is 0.148. The summed E-state index contributed by atoms with van der Waals surface area (Å²) in [6.07, 6.45) is 2.59. The van der Waals surface area contributed by atoms with Crippen LogP contribution in [0.5, 0.6) is 0 Å². The molecule has 1 aromatic rings. The molecule has 19 heavy (non-hydrogen) atoms. The number of likely N-dealkylation sites (N-methyl/N-ethyl adjacent to an activating group) is 1. The zero-order valence-electron chi connectivity index (χ0n) is 13.0. The zero-order chi connectivity index (χ0) is 14.0. The smallest absolute Gasteiger partial charge is 0.0644 e. The highest BCUT2D eigenvalue weighted by Gasteiger charge is 2.26. The summed E-state index contributed by atoms with van der Waals surface area (Å²) in [6.45, 7) is 12.1. The lowest BCUT2D eigenvalue weighted by Crippen LogP contribution is -2.45. The predicted molar refractivity (Wildman–Crippen MR) is 79.4 cm³/mol. The molecule has 0 aromatic carbocycles. The lowest BCUT2D eigenvalue weighted by atomic mass is 9.99. The largest absolute Gasteiger partial charge is 0.316 e. The second kappa shape index (κ2) is 6.06. The third-order valence-corrected chi connectivity index (χ3v) is 4.56. The second-order valence-corrected chi connectivity index (χ2v) is 5.70. The minimum absolute atomic E-state index is 0.469. The van der Waals surface area contributed by atoms with E-state index in [0.717, 1.165) is 13.1 Å². The van der Waals surface area contributed by atoms with E-state index < -0.39 is 0 Å². The molecule has 1 aliphatic heterocycles. The van der Waals surface area contributed by atoms with Gasteiger partial charge in [-0.05, 0) is 54.1 Å². The fourth-order valence-electron chi connectivity index (χ4n) is 3.40. The van der Waals surface area contributed by atoms with Crippen LogP contribution >= 0.6 is 0 Å². The zero-order valence-corrected chi connectivity index (χ0v) is 13.0. The molecule has 0 spiro atoms. The van der Waals surface area contributed by atoms with Gasteiger partial charge >= 0.3 is 0 Å². The molecule has 1 saturated heterocycles. The Labute approximate surface area is 117 Å². The molecule has 2 atom stereocenters. The van der Waals surface area contributed by atoms with Crippen molar-refractivity contribution >= 4 is 0 Å². The van der Waals surface area contributed by atoms with E-state index in [9.17, 15) is 0 Å². The van der Waals surface area contributed by atoms with Gasteiger partial charge in [-0.2, -0.15) is 5.10 Å². The third-order valence-electron chi connectivity index (χ3n) is 4.56. The highest BCUT2D eigenvalue weighted by atomic mass is 15.3. The van der Waals surface area contributed by atoms with Crippen LogP contribution in [0.2, 0.25) is 0 Å². The van der Waals surface area contributed by atoms with Crippen molar-refractivity contribution in [1.82, 2.24) is 20.0 Å². The Morgan fingerprint density at radius 2 is 2.16 bits per heavy atom. The average Bonchev–Trinajstić information content (AvgIpc) is 2.72. The van der Waals surface area contributed by atoms with Crippen molar-refractivity contribution in [3.8, 4) is 0 Å². The SMILES string of the molecule is CCn1nc(C)c(C(C)N2CCCC(NC)C2)c1C. The summed E-state index contributed by atoms with van der Waals surface area (Å²) in [7, 11) is 2.07. The second-order valence-electron chi connectivity index (χ2n) is 5.70. The number of aromatic nitrogens is 2. The average molecular weight is 264 g/mol. The summed E-state index contributed by atoms with van der Waals surface area (Å²) in [5.41, 5.74) is 3.95. The van der Waals surface area contributed by atoms with Crippen molar-refractivity contribution in [3.05, 3.63) is 17.0 Å². The summed E-state index contributed by atoms with van der Waals surface area (Å²) >= 11 is 0. The molecule has 0 bridgehead atoms. The van der Waals surface area contributed by atoms with E-state index >= 15 is 0 Å². The summed E-state index contributed by atoms with van der Waals surface area (Å²) < 4.78 is 2.13. The van der Waals surface area contributed by atoms with Gasteiger partial charge in [0.2, 0.25) is 0 Å². The molecule has 0 radical (unpaired) electrons. The number of hydrogen-bond acceptors (Lipinski definition) is 3. The van der Waals surface area contributed by atoms with E-state index in [1.807, 2.05) is 0 Å². The first kappa shape index (κ1) is 14.5. The highest BCUT2D eigenvalue weighted by Crippen LogP contribution is 2.28. The van der Waals surface area contributed by atoms with Crippen LogP contribution in [-0.2, 0) is 6.54 Å². The minimum Gasteiger partial charge on any atom is -0.316 e. The van der Waals surface area contributed by atoms with E-state index in [2.05, 4.69) is 54.7 Å². The molecular weight excluding hydrogens is 236 g/mol. The van der Waals surface area contributed by atoms with Crippen LogP contribution in [0.3, 0.4) is 0 Å². The Hall–Kier alpha value is -0.870. The van der Waals surface area contributed by atoms with Gasteiger partial charge in [0.05, 0.1) is 5.69 Å². The Kier molecular flexibility index (Phi) is 4.63. The van der Waals surface area contributed by atoms with Crippen LogP contribution in [0.4, 0.5) is 0 Å². The summed E-state index contributed by atoms with van der Waals surface area (Å²) in [5.74, 6) is 0. The maximum atomic E-state index is 4.66. The molecule has 0 aliphatic carbocycles. The molecule has 2 unspecified atom stereocenters. The lowest BCUT2D eigenvalue weighted by Gasteiger charge is -2.37. The van der Waals surface area contributed by atoms with E-state index in [1.165, 1.54) is 36.3 Å². The van der Waals surface area contributed by atoms with Crippen molar-refractivity contribution in [2.24, 2.45) is 0 Å². The number of piperidine rings is 1. The normalized spacial score (nSPS) is 22.7. The van der Waals surface area contributed by atoms with Crippen molar-refractivity contribution in [2.75, 3.05) is 20.1 Å². The van der Waals surface area contributed by atoms with Crippen LogP contribution in [0, 0.1) is 13.8 Å². The number of hydrogen-bond donors (Lipinski definition) is 1. The quantitative estimate of drug-likeness (QED) is 0.905. The van der Waals surface area contributed by atoms with Gasteiger partial charge in [-0.25, -0.2) is 0 Å². The maximum Gasteiger partial charge on any atom is 0.0644 e. The number of aryl methyl sites for hydroxylation is 2. The van der Waals surface area contributed by atoms with Gasteiger partial charge in [-0.15, -0.1) is 0 Å². The molecule has 108 valence electrons. The molecule has 2 rings (SSSR count). The molecule has 1 N–H and O–H groups in total. The van der Waals surface area contributed by atoms with Gasteiger partial charge in [-0.3, -0.25) is 9.58 Å². The van der Waals surface area contributed by atoms with Gasteiger partial charge < -0.3 is 5.32 Å². The highest BCUT2D eigenvalue weighted by molar-refractivity contribution is 5.28. The maximum absolute atomic E-state index is 4.66. The van der Waals surface area contributed by atoms with Gasteiger partial charge in [0.25, 0.3) is 0 Å². The molecule has 1 aromatic heterocycles. The van der Waals surface area contributed by atoms with Crippen molar-refractivity contribution in [1.29, 1.82) is 0 Å². The van der Waals surface area contributed by atoms with Crippen LogP contribution < -0.4 is 5.32 Å². The Balaban J connectivity index is 2.19. The topological polar surface area (TPSA) is 33.1 Å².